The molecule has 8 nitrogen and oxygen atoms in total. The maximum atomic E-state index is 4.77. The number of rotatable bonds is 2. The predicted octanol–water partition coefficient (Wildman–Crippen LogP) is 2.49. The molecule has 5 aromatic rings. The van der Waals surface area contributed by atoms with Gasteiger partial charge in [0.25, 0.3) is 0 Å². The highest BCUT2D eigenvalue weighted by Gasteiger charge is 2.09. The van der Waals surface area contributed by atoms with Gasteiger partial charge in [0.15, 0.2) is 0 Å². The van der Waals surface area contributed by atoms with Crippen LogP contribution < -0.4 is 0 Å². The predicted molar refractivity (Wildman–Crippen MR) is 94.7 cm³/mol. The average molecular weight is 338 g/mol. The average Bonchev–Trinajstić information content (AvgIpc) is 2.74. The van der Waals surface area contributed by atoms with Crippen LogP contribution in [0.3, 0.4) is 0 Å². The van der Waals surface area contributed by atoms with Gasteiger partial charge in [0.1, 0.15) is 11.4 Å². The Hall–Kier alpha value is -3.94. The standard InChI is InChI=1S/C18H10N8/c1-2-12-4-6-14(16-8-10-20-26-24-16)22-18(12)17-11(1)3-5-13(21-17)15-7-9-19-25-23-15/h1-10H. The fourth-order valence-electron chi connectivity index (χ4n) is 2.81. The molecule has 122 valence electrons. The monoisotopic (exact) mass is 338 g/mol. The van der Waals surface area contributed by atoms with Gasteiger partial charge in [-0.05, 0) is 34.7 Å². The van der Waals surface area contributed by atoms with Gasteiger partial charge in [0.05, 0.1) is 34.8 Å². The van der Waals surface area contributed by atoms with Crippen molar-refractivity contribution in [3.8, 4) is 22.8 Å². The van der Waals surface area contributed by atoms with Crippen LogP contribution in [-0.4, -0.2) is 40.8 Å². The fraction of sp³-hybridized carbons (Fsp3) is 0. The Bertz CT molecular complexity index is 1130. The molecule has 0 aliphatic rings. The normalized spacial score (nSPS) is 11.1. The summed E-state index contributed by atoms with van der Waals surface area (Å²) in [4.78, 5) is 9.53. The zero-order valence-corrected chi connectivity index (χ0v) is 13.4. The lowest BCUT2D eigenvalue weighted by Gasteiger charge is -2.06. The molecule has 0 spiro atoms. The molecule has 0 saturated carbocycles. The Morgan fingerprint density at radius 2 is 0.923 bits per heavy atom. The molecule has 0 unspecified atom stereocenters. The van der Waals surface area contributed by atoms with Crippen LogP contribution in [-0.2, 0) is 0 Å². The summed E-state index contributed by atoms with van der Waals surface area (Å²) < 4.78 is 0. The van der Waals surface area contributed by atoms with Gasteiger partial charge in [0.2, 0.25) is 0 Å². The first-order valence-corrected chi connectivity index (χ1v) is 7.88. The first-order valence-electron chi connectivity index (χ1n) is 7.88. The first kappa shape index (κ1) is 14.4. The van der Waals surface area contributed by atoms with Crippen LogP contribution in [0.2, 0.25) is 0 Å². The van der Waals surface area contributed by atoms with Crippen LogP contribution in [0.4, 0.5) is 0 Å². The number of hydrogen-bond donors (Lipinski definition) is 0. The van der Waals surface area contributed by atoms with Gasteiger partial charge in [-0.1, -0.05) is 24.3 Å². The molecule has 5 rings (SSSR count). The lowest BCUT2D eigenvalue weighted by molar-refractivity contribution is 0.868. The van der Waals surface area contributed by atoms with E-state index in [1.54, 1.807) is 24.5 Å². The summed E-state index contributed by atoms with van der Waals surface area (Å²) in [6, 6.07) is 15.4. The Balaban J connectivity index is 1.77. The minimum absolute atomic E-state index is 0.662. The Kier molecular flexibility index (Phi) is 3.24. The van der Waals surface area contributed by atoms with Crippen molar-refractivity contribution < 1.29 is 0 Å². The Morgan fingerprint density at radius 1 is 0.462 bits per heavy atom. The highest BCUT2D eigenvalue weighted by Crippen LogP contribution is 2.27. The third-order valence-corrected chi connectivity index (χ3v) is 4.05. The molecule has 26 heavy (non-hydrogen) atoms. The summed E-state index contributed by atoms with van der Waals surface area (Å²) in [5.74, 6) is 0. The molecule has 0 aliphatic carbocycles. The summed E-state index contributed by atoms with van der Waals surface area (Å²) in [7, 11) is 0. The van der Waals surface area contributed by atoms with Crippen LogP contribution >= 0.6 is 0 Å². The number of aromatic nitrogens is 8. The van der Waals surface area contributed by atoms with E-state index in [0.717, 1.165) is 33.2 Å². The summed E-state index contributed by atoms with van der Waals surface area (Å²) in [5, 5.41) is 24.8. The van der Waals surface area contributed by atoms with E-state index in [1.807, 2.05) is 36.4 Å². The summed E-state index contributed by atoms with van der Waals surface area (Å²) >= 11 is 0. The van der Waals surface area contributed by atoms with Gasteiger partial charge in [-0.25, -0.2) is 9.97 Å². The maximum absolute atomic E-state index is 4.77. The smallest absolute Gasteiger partial charge is 0.115 e. The molecule has 0 aliphatic heterocycles. The van der Waals surface area contributed by atoms with Gasteiger partial charge in [0, 0.05) is 10.8 Å². The van der Waals surface area contributed by atoms with Crippen molar-refractivity contribution in [2.75, 3.05) is 0 Å². The molecule has 0 fully saturated rings. The molecule has 0 atom stereocenters. The number of benzene rings is 1. The van der Waals surface area contributed by atoms with Gasteiger partial charge in [-0.15, -0.1) is 20.4 Å². The quantitative estimate of drug-likeness (QED) is 0.452. The van der Waals surface area contributed by atoms with Crippen molar-refractivity contribution in [1.29, 1.82) is 0 Å². The third-order valence-electron chi connectivity index (χ3n) is 4.05. The SMILES string of the molecule is c1cc(-c2ccc3ccc4ccc(-c5ccnnn5)nc4c3n2)nnn1. The minimum Gasteiger partial charge on any atom is -0.244 e. The second kappa shape index (κ2) is 5.85. The van der Waals surface area contributed by atoms with E-state index in [4.69, 9.17) is 9.97 Å². The molecule has 0 N–H and O–H groups in total. The summed E-state index contributed by atoms with van der Waals surface area (Å²) in [6.07, 6.45) is 3.19. The highest BCUT2D eigenvalue weighted by molar-refractivity contribution is 6.03. The molecule has 4 aromatic heterocycles. The van der Waals surface area contributed by atoms with Crippen LogP contribution in [0, 0.1) is 0 Å². The van der Waals surface area contributed by atoms with E-state index in [-0.39, 0.29) is 0 Å². The van der Waals surface area contributed by atoms with Crippen LogP contribution in [0.15, 0.2) is 60.9 Å². The van der Waals surface area contributed by atoms with E-state index in [0.29, 0.717) is 11.4 Å². The van der Waals surface area contributed by atoms with E-state index in [2.05, 4.69) is 30.8 Å². The van der Waals surface area contributed by atoms with Crippen molar-refractivity contribution in [3.05, 3.63) is 60.9 Å². The molecular weight excluding hydrogens is 328 g/mol. The Labute approximate surface area is 147 Å². The first-order chi connectivity index (χ1) is 12.9. The van der Waals surface area contributed by atoms with Crippen LogP contribution in [0.1, 0.15) is 0 Å². The second-order valence-electron chi connectivity index (χ2n) is 5.61. The fourth-order valence-corrected chi connectivity index (χ4v) is 2.81. The lowest BCUT2D eigenvalue weighted by Crippen LogP contribution is -1.95. The van der Waals surface area contributed by atoms with E-state index >= 15 is 0 Å². The largest absolute Gasteiger partial charge is 0.244 e. The van der Waals surface area contributed by atoms with Crippen molar-refractivity contribution in [2.24, 2.45) is 0 Å². The second-order valence-corrected chi connectivity index (χ2v) is 5.61. The zero-order valence-electron chi connectivity index (χ0n) is 13.4. The maximum Gasteiger partial charge on any atom is 0.115 e. The number of fused-ring (bicyclic) bond motifs is 3. The summed E-state index contributed by atoms with van der Waals surface area (Å²) in [5.41, 5.74) is 4.35. The molecule has 0 saturated heterocycles. The Morgan fingerprint density at radius 3 is 1.35 bits per heavy atom. The van der Waals surface area contributed by atoms with Gasteiger partial charge in [-0.3, -0.25) is 0 Å². The van der Waals surface area contributed by atoms with Crippen LogP contribution in [0.5, 0.6) is 0 Å². The van der Waals surface area contributed by atoms with Crippen molar-refractivity contribution >= 4 is 21.8 Å². The van der Waals surface area contributed by atoms with Crippen molar-refractivity contribution in [3.63, 3.8) is 0 Å². The molecule has 4 heterocycles. The minimum atomic E-state index is 0.662. The molecule has 8 heteroatoms. The number of hydrogen-bond acceptors (Lipinski definition) is 8. The number of pyridine rings is 2. The van der Waals surface area contributed by atoms with E-state index in [1.165, 1.54) is 0 Å². The van der Waals surface area contributed by atoms with Gasteiger partial charge in [-0.2, -0.15) is 0 Å². The van der Waals surface area contributed by atoms with Gasteiger partial charge >= 0.3 is 0 Å². The molecule has 0 bridgehead atoms. The van der Waals surface area contributed by atoms with E-state index < -0.39 is 0 Å². The molecular formula is C18H10N8. The molecule has 1 aromatic carbocycles. The lowest BCUT2D eigenvalue weighted by atomic mass is 10.1. The van der Waals surface area contributed by atoms with E-state index in [9.17, 15) is 0 Å². The van der Waals surface area contributed by atoms with Crippen molar-refractivity contribution in [2.45, 2.75) is 0 Å². The zero-order chi connectivity index (χ0) is 17.3. The van der Waals surface area contributed by atoms with Crippen molar-refractivity contribution in [1.82, 2.24) is 40.8 Å². The van der Waals surface area contributed by atoms with Gasteiger partial charge < -0.3 is 0 Å². The summed E-state index contributed by atoms with van der Waals surface area (Å²) in [6.45, 7) is 0. The number of nitrogens with zero attached hydrogens (tertiary/aromatic N) is 8. The topological polar surface area (TPSA) is 103 Å². The van der Waals surface area contributed by atoms with Crippen LogP contribution in [0.25, 0.3) is 44.6 Å². The third kappa shape index (κ3) is 2.40. The molecule has 0 amide bonds. The molecule has 0 radical (unpaired) electrons. The highest BCUT2D eigenvalue weighted by atomic mass is 15.3.